The van der Waals surface area contributed by atoms with Crippen LogP contribution in [0.1, 0.15) is 23.2 Å². The van der Waals surface area contributed by atoms with Crippen molar-refractivity contribution in [1.82, 2.24) is 19.2 Å². The summed E-state index contributed by atoms with van der Waals surface area (Å²) < 4.78 is 41.7. The van der Waals surface area contributed by atoms with Crippen molar-refractivity contribution in [2.24, 2.45) is 7.05 Å². The summed E-state index contributed by atoms with van der Waals surface area (Å²) in [5.41, 5.74) is 0.136. The molecule has 1 amide bonds. The lowest BCUT2D eigenvalue weighted by Gasteiger charge is -2.31. The van der Waals surface area contributed by atoms with Gasteiger partial charge < -0.3 is 9.88 Å². The van der Waals surface area contributed by atoms with Crippen LogP contribution >= 0.6 is 11.6 Å². The predicted molar refractivity (Wildman–Crippen MR) is 93.9 cm³/mol. The summed E-state index contributed by atoms with van der Waals surface area (Å²) in [6.07, 6.45) is 4.10. The molecule has 7 nitrogen and oxygen atoms in total. The Hall–Kier alpha value is -1.97. The molecule has 0 bridgehead atoms. The third kappa shape index (κ3) is 3.89. The zero-order chi connectivity index (χ0) is 18.9. The maximum Gasteiger partial charge on any atom is 0.262 e. The van der Waals surface area contributed by atoms with E-state index >= 15 is 0 Å². The molecule has 1 aromatic heterocycles. The topological polar surface area (TPSA) is 84.3 Å². The fraction of sp³-hybridized carbons (Fsp3) is 0.375. The monoisotopic (exact) mass is 400 g/mol. The first-order valence-electron chi connectivity index (χ1n) is 8.01. The molecule has 1 aliphatic rings. The maximum atomic E-state index is 13.5. The number of aromatic nitrogens is 2. The Morgan fingerprint density at radius 3 is 2.85 bits per heavy atom. The molecule has 1 fully saturated rings. The number of hydrogen-bond donors (Lipinski definition) is 1. The molecule has 10 heteroatoms. The zero-order valence-corrected chi connectivity index (χ0v) is 15.6. The molecular weight excluding hydrogens is 383 g/mol. The van der Waals surface area contributed by atoms with Gasteiger partial charge in [-0.1, -0.05) is 11.6 Å². The van der Waals surface area contributed by atoms with Gasteiger partial charge in [0.2, 0.25) is 0 Å². The first-order chi connectivity index (χ1) is 12.3. The van der Waals surface area contributed by atoms with Crippen LogP contribution in [0.5, 0.6) is 0 Å². The molecule has 26 heavy (non-hydrogen) atoms. The lowest BCUT2D eigenvalue weighted by molar-refractivity contribution is 0.0921. The minimum Gasteiger partial charge on any atom is -0.348 e. The first-order valence-corrected chi connectivity index (χ1v) is 9.83. The van der Waals surface area contributed by atoms with Crippen LogP contribution in [0.15, 0.2) is 35.7 Å². The van der Waals surface area contributed by atoms with Crippen LogP contribution in [0.4, 0.5) is 4.39 Å². The van der Waals surface area contributed by atoms with E-state index in [4.69, 9.17) is 11.6 Å². The first kappa shape index (κ1) is 18.8. The highest BCUT2D eigenvalue weighted by Gasteiger charge is 2.32. The second-order valence-electron chi connectivity index (χ2n) is 6.18. The van der Waals surface area contributed by atoms with Crippen LogP contribution < -0.4 is 5.32 Å². The molecule has 1 aromatic carbocycles. The molecule has 1 aliphatic heterocycles. The number of carbonyl (C=O) groups is 1. The summed E-state index contributed by atoms with van der Waals surface area (Å²) in [4.78, 5) is 16.2. The van der Waals surface area contributed by atoms with Gasteiger partial charge in [-0.2, -0.15) is 4.31 Å². The van der Waals surface area contributed by atoms with Gasteiger partial charge in [0, 0.05) is 37.9 Å². The lowest BCUT2D eigenvalue weighted by Crippen LogP contribution is -2.49. The van der Waals surface area contributed by atoms with Crippen molar-refractivity contribution >= 4 is 27.5 Å². The summed E-state index contributed by atoms with van der Waals surface area (Å²) in [7, 11) is -2.02. The molecule has 1 N–H and O–H groups in total. The van der Waals surface area contributed by atoms with Crippen molar-refractivity contribution in [2.75, 3.05) is 13.1 Å². The molecule has 2 heterocycles. The maximum absolute atomic E-state index is 13.5. The van der Waals surface area contributed by atoms with Gasteiger partial charge in [-0.3, -0.25) is 4.79 Å². The highest BCUT2D eigenvalue weighted by Crippen LogP contribution is 2.20. The van der Waals surface area contributed by atoms with Crippen molar-refractivity contribution in [3.8, 4) is 0 Å². The van der Waals surface area contributed by atoms with E-state index < -0.39 is 21.7 Å². The zero-order valence-electron chi connectivity index (χ0n) is 14.0. The molecule has 0 aliphatic carbocycles. The molecule has 140 valence electrons. The van der Waals surface area contributed by atoms with Crippen LogP contribution in [-0.4, -0.2) is 47.3 Å². The number of sulfonamides is 1. The average molecular weight is 401 g/mol. The number of hydrogen-bond acceptors (Lipinski definition) is 4. The molecule has 2 aromatic rings. The largest absolute Gasteiger partial charge is 0.348 e. The number of carbonyl (C=O) groups excluding carboxylic acids is 1. The molecule has 1 saturated heterocycles. The Balaban J connectivity index is 1.70. The van der Waals surface area contributed by atoms with Gasteiger partial charge in [0.15, 0.2) is 5.03 Å². The summed E-state index contributed by atoms with van der Waals surface area (Å²) in [6, 6.07) is 3.42. The second kappa shape index (κ2) is 7.34. The molecule has 1 atom stereocenters. The average Bonchev–Trinajstić information content (AvgIpc) is 3.05. The van der Waals surface area contributed by atoms with E-state index in [0.29, 0.717) is 19.4 Å². The smallest absolute Gasteiger partial charge is 0.262 e. The highest BCUT2D eigenvalue weighted by atomic mass is 35.5. The minimum atomic E-state index is -3.71. The fourth-order valence-electron chi connectivity index (χ4n) is 2.84. The number of amides is 1. The van der Waals surface area contributed by atoms with Crippen molar-refractivity contribution in [3.05, 3.63) is 47.1 Å². The normalized spacial score (nSPS) is 18.7. The Kier molecular flexibility index (Phi) is 5.31. The van der Waals surface area contributed by atoms with Crippen molar-refractivity contribution in [1.29, 1.82) is 0 Å². The van der Waals surface area contributed by atoms with Gasteiger partial charge >= 0.3 is 0 Å². The molecule has 3 rings (SSSR count). The Morgan fingerprint density at radius 2 is 2.19 bits per heavy atom. The van der Waals surface area contributed by atoms with Crippen LogP contribution in [0.3, 0.4) is 0 Å². The van der Waals surface area contributed by atoms with Gasteiger partial charge in [-0.15, -0.1) is 0 Å². The number of nitrogens with zero attached hydrogens (tertiary/aromatic N) is 3. The van der Waals surface area contributed by atoms with E-state index in [0.717, 1.165) is 6.07 Å². The van der Waals surface area contributed by atoms with Crippen molar-refractivity contribution in [3.63, 3.8) is 0 Å². The van der Waals surface area contributed by atoms with Crippen LogP contribution in [0.2, 0.25) is 5.02 Å². The van der Waals surface area contributed by atoms with E-state index in [9.17, 15) is 17.6 Å². The number of aryl methyl sites for hydroxylation is 1. The second-order valence-corrected chi connectivity index (χ2v) is 8.47. The van der Waals surface area contributed by atoms with E-state index in [1.54, 1.807) is 11.6 Å². The summed E-state index contributed by atoms with van der Waals surface area (Å²) in [6.45, 7) is 0.502. The van der Waals surface area contributed by atoms with Crippen LogP contribution in [0.25, 0.3) is 0 Å². The number of halogens is 2. The summed E-state index contributed by atoms with van der Waals surface area (Å²) >= 11 is 5.62. The van der Waals surface area contributed by atoms with Crippen molar-refractivity contribution < 1.29 is 17.6 Å². The Labute approximate surface area is 155 Å². The number of imidazole rings is 1. The summed E-state index contributed by atoms with van der Waals surface area (Å²) in [5.74, 6) is -1.15. The molecule has 0 saturated carbocycles. The quantitative estimate of drug-likeness (QED) is 0.848. The van der Waals surface area contributed by atoms with E-state index in [-0.39, 0.29) is 28.2 Å². The van der Waals surface area contributed by atoms with Gasteiger partial charge in [0.25, 0.3) is 15.9 Å². The van der Waals surface area contributed by atoms with Gasteiger partial charge in [0.05, 0.1) is 11.3 Å². The number of nitrogens with one attached hydrogen (secondary N) is 1. The van der Waals surface area contributed by atoms with Gasteiger partial charge in [-0.25, -0.2) is 17.8 Å². The Morgan fingerprint density at radius 1 is 1.42 bits per heavy atom. The van der Waals surface area contributed by atoms with E-state index in [2.05, 4.69) is 10.3 Å². The Bertz CT molecular complexity index is 931. The van der Waals surface area contributed by atoms with Gasteiger partial charge in [0.1, 0.15) is 5.82 Å². The molecule has 0 spiro atoms. The minimum absolute atomic E-state index is 0.0215. The number of piperidine rings is 1. The van der Waals surface area contributed by atoms with Crippen LogP contribution in [0, 0.1) is 5.82 Å². The fourth-order valence-corrected chi connectivity index (χ4v) is 4.45. The van der Waals surface area contributed by atoms with Crippen molar-refractivity contribution in [2.45, 2.75) is 23.9 Å². The molecular formula is C16H18ClFN4O3S. The van der Waals surface area contributed by atoms with E-state index in [1.807, 2.05) is 0 Å². The summed E-state index contributed by atoms with van der Waals surface area (Å²) in [5, 5.41) is 2.68. The highest BCUT2D eigenvalue weighted by molar-refractivity contribution is 7.89. The van der Waals surface area contributed by atoms with Crippen LogP contribution in [-0.2, 0) is 17.1 Å². The third-order valence-electron chi connectivity index (χ3n) is 4.19. The number of rotatable bonds is 4. The SMILES string of the molecule is Cn1cnc(S(=O)(=O)N2CCCC(NC(=O)c3ccc(Cl)c(F)c3)C2)c1. The lowest BCUT2D eigenvalue weighted by atomic mass is 10.1. The molecule has 1 unspecified atom stereocenters. The predicted octanol–water partition coefficient (Wildman–Crippen LogP) is 1.80. The molecule has 0 radical (unpaired) electrons. The van der Waals surface area contributed by atoms with E-state index in [1.165, 1.54) is 29.0 Å². The standard InChI is InChI=1S/C16H18ClFN4O3S/c1-21-9-15(19-10-21)26(24,25)22-6-2-3-12(8-22)20-16(23)11-4-5-13(17)14(18)7-11/h4-5,7,9-10,12H,2-3,6,8H2,1H3,(H,20,23). The number of benzene rings is 1. The van der Waals surface area contributed by atoms with Gasteiger partial charge in [-0.05, 0) is 31.0 Å². The third-order valence-corrected chi connectivity index (χ3v) is 6.24.